The average Bonchev–Trinajstić information content (AvgIpc) is 3.25. The number of para-hydroxylation sites is 1. The molecule has 126 valence electrons. The monoisotopic (exact) mass is 334 g/mol. The summed E-state index contributed by atoms with van der Waals surface area (Å²) < 4.78 is 8.11. The number of nitrogens with zero attached hydrogens (tertiary/aromatic N) is 6. The summed E-state index contributed by atoms with van der Waals surface area (Å²) in [5.74, 6) is 1.89. The first-order chi connectivity index (χ1) is 12.3. The molecule has 0 spiro atoms. The number of furan rings is 1. The number of rotatable bonds is 2. The molecule has 0 atom stereocenters. The second kappa shape index (κ2) is 5.47. The number of piperazine rings is 1. The summed E-state index contributed by atoms with van der Waals surface area (Å²) in [7, 11) is 2.02. The molecule has 4 aromatic rings. The Morgan fingerprint density at radius 3 is 2.56 bits per heavy atom. The number of aryl methyl sites for hydroxylation is 1. The van der Waals surface area contributed by atoms with E-state index in [1.165, 1.54) is 0 Å². The third-order valence-corrected chi connectivity index (χ3v) is 4.80. The summed E-state index contributed by atoms with van der Waals surface area (Å²) in [5.41, 5.74) is 2.51. The first-order valence-corrected chi connectivity index (χ1v) is 8.41. The van der Waals surface area contributed by atoms with E-state index in [2.05, 4.69) is 29.3 Å². The second-order valence-electron chi connectivity index (χ2n) is 6.29. The van der Waals surface area contributed by atoms with E-state index in [0.29, 0.717) is 0 Å². The zero-order valence-corrected chi connectivity index (χ0v) is 14.0. The van der Waals surface area contributed by atoms with Crippen molar-refractivity contribution in [3.63, 3.8) is 0 Å². The van der Waals surface area contributed by atoms with Crippen LogP contribution in [0.5, 0.6) is 0 Å². The molecule has 1 aliphatic rings. The highest BCUT2D eigenvalue weighted by molar-refractivity contribution is 6.05. The van der Waals surface area contributed by atoms with Gasteiger partial charge in [0.25, 0.3) is 0 Å². The van der Waals surface area contributed by atoms with Crippen LogP contribution in [0.1, 0.15) is 0 Å². The van der Waals surface area contributed by atoms with Gasteiger partial charge in [0.2, 0.25) is 5.95 Å². The van der Waals surface area contributed by atoms with Crippen molar-refractivity contribution in [2.75, 3.05) is 36.0 Å². The zero-order chi connectivity index (χ0) is 16.8. The molecular formula is C18H18N6O. The first kappa shape index (κ1) is 14.3. The van der Waals surface area contributed by atoms with Crippen molar-refractivity contribution in [1.29, 1.82) is 0 Å². The molecule has 7 nitrogen and oxygen atoms in total. The standard InChI is InChI=1S/C18H18N6O/c1-22-7-6-19-18(22)24-10-8-23(9-11-24)17-16-15(20-12-21-17)13-4-2-3-5-14(13)25-16/h2-7,12H,8-11H2,1H3. The Morgan fingerprint density at radius 1 is 0.960 bits per heavy atom. The molecular weight excluding hydrogens is 316 g/mol. The van der Waals surface area contributed by atoms with Gasteiger partial charge in [0.05, 0.1) is 0 Å². The Morgan fingerprint density at radius 2 is 1.76 bits per heavy atom. The lowest BCUT2D eigenvalue weighted by Crippen LogP contribution is -2.47. The van der Waals surface area contributed by atoms with Crippen LogP contribution in [0.4, 0.5) is 11.8 Å². The fourth-order valence-electron chi connectivity index (χ4n) is 3.52. The van der Waals surface area contributed by atoms with Crippen LogP contribution >= 0.6 is 0 Å². The summed E-state index contributed by atoms with van der Waals surface area (Å²) in [6, 6.07) is 7.99. The highest BCUT2D eigenvalue weighted by Crippen LogP contribution is 2.32. The molecule has 1 saturated heterocycles. The average molecular weight is 334 g/mol. The van der Waals surface area contributed by atoms with Gasteiger partial charge in [0.15, 0.2) is 11.4 Å². The minimum absolute atomic E-state index is 0.772. The van der Waals surface area contributed by atoms with Gasteiger partial charge in [-0.3, -0.25) is 0 Å². The molecule has 0 saturated carbocycles. The van der Waals surface area contributed by atoms with Crippen molar-refractivity contribution in [2.45, 2.75) is 0 Å². The van der Waals surface area contributed by atoms with Gasteiger partial charge in [-0.2, -0.15) is 0 Å². The minimum atomic E-state index is 0.772. The third-order valence-electron chi connectivity index (χ3n) is 4.80. The fourth-order valence-corrected chi connectivity index (χ4v) is 3.52. The van der Waals surface area contributed by atoms with Crippen molar-refractivity contribution < 1.29 is 4.42 Å². The molecule has 1 fully saturated rings. The minimum Gasteiger partial charge on any atom is -0.450 e. The van der Waals surface area contributed by atoms with Crippen molar-refractivity contribution in [3.05, 3.63) is 43.0 Å². The van der Waals surface area contributed by atoms with Gasteiger partial charge in [0.1, 0.15) is 17.4 Å². The van der Waals surface area contributed by atoms with E-state index in [1.54, 1.807) is 6.33 Å². The quantitative estimate of drug-likeness (QED) is 0.561. The summed E-state index contributed by atoms with van der Waals surface area (Å²) >= 11 is 0. The summed E-state index contributed by atoms with van der Waals surface area (Å²) in [6.07, 6.45) is 5.44. The summed E-state index contributed by atoms with van der Waals surface area (Å²) in [6.45, 7) is 3.54. The summed E-state index contributed by atoms with van der Waals surface area (Å²) in [4.78, 5) is 18.0. The maximum Gasteiger partial charge on any atom is 0.205 e. The highest BCUT2D eigenvalue weighted by atomic mass is 16.3. The van der Waals surface area contributed by atoms with Crippen molar-refractivity contribution in [2.24, 2.45) is 7.05 Å². The van der Waals surface area contributed by atoms with Crippen LogP contribution in [0.25, 0.3) is 22.1 Å². The molecule has 0 aliphatic carbocycles. The van der Waals surface area contributed by atoms with E-state index >= 15 is 0 Å². The topological polar surface area (TPSA) is 63.2 Å². The van der Waals surface area contributed by atoms with Crippen LogP contribution in [-0.2, 0) is 7.05 Å². The Hall–Kier alpha value is -3.09. The lowest BCUT2D eigenvalue weighted by atomic mass is 10.2. The number of anilines is 2. The lowest BCUT2D eigenvalue weighted by molar-refractivity contribution is 0.615. The molecule has 3 aromatic heterocycles. The second-order valence-corrected chi connectivity index (χ2v) is 6.29. The Balaban J connectivity index is 1.47. The van der Waals surface area contributed by atoms with Gasteiger partial charge in [0, 0.05) is 51.0 Å². The Kier molecular flexibility index (Phi) is 3.12. The zero-order valence-electron chi connectivity index (χ0n) is 14.0. The van der Waals surface area contributed by atoms with Crippen LogP contribution in [0, 0.1) is 0 Å². The molecule has 7 heteroatoms. The number of benzene rings is 1. The van der Waals surface area contributed by atoms with Crippen LogP contribution < -0.4 is 9.80 Å². The van der Waals surface area contributed by atoms with E-state index in [0.717, 1.165) is 60.0 Å². The number of hydrogen-bond donors (Lipinski definition) is 0. The van der Waals surface area contributed by atoms with E-state index in [-0.39, 0.29) is 0 Å². The molecule has 5 rings (SSSR count). The number of fused-ring (bicyclic) bond motifs is 3. The molecule has 0 amide bonds. The van der Waals surface area contributed by atoms with Crippen LogP contribution in [0.2, 0.25) is 0 Å². The van der Waals surface area contributed by atoms with Gasteiger partial charge in [-0.25, -0.2) is 15.0 Å². The van der Waals surface area contributed by atoms with E-state index < -0.39 is 0 Å². The van der Waals surface area contributed by atoms with E-state index in [4.69, 9.17) is 4.42 Å². The molecule has 4 heterocycles. The maximum absolute atomic E-state index is 6.06. The third kappa shape index (κ3) is 2.23. The normalized spacial score (nSPS) is 15.4. The largest absolute Gasteiger partial charge is 0.450 e. The van der Waals surface area contributed by atoms with Crippen molar-refractivity contribution in [3.8, 4) is 0 Å². The summed E-state index contributed by atoms with van der Waals surface area (Å²) in [5, 5.41) is 1.03. The SMILES string of the molecule is Cn1ccnc1N1CCN(c2ncnc3c2oc2ccccc23)CC1. The lowest BCUT2D eigenvalue weighted by Gasteiger charge is -2.35. The van der Waals surface area contributed by atoms with E-state index in [9.17, 15) is 0 Å². The smallest absolute Gasteiger partial charge is 0.205 e. The first-order valence-electron chi connectivity index (χ1n) is 8.41. The van der Waals surface area contributed by atoms with Crippen molar-refractivity contribution >= 4 is 33.8 Å². The van der Waals surface area contributed by atoms with E-state index in [1.807, 2.05) is 43.7 Å². The number of aromatic nitrogens is 4. The van der Waals surface area contributed by atoms with Gasteiger partial charge in [-0.15, -0.1) is 0 Å². The molecule has 25 heavy (non-hydrogen) atoms. The number of imidazole rings is 1. The van der Waals surface area contributed by atoms with Gasteiger partial charge < -0.3 is 18.8 Å². The molecule has 0 unspecified atom stereocenters. The van der Waals surface area contributed by atoms with Crippen molar-refractivity contribution in [1.82, 2.24) is 19.5 Å². The molecule has 1 aliphatic heterocycles. The maximum atomic E-state index is 6.06. The van der Waals surface area contributed by atoms with Crippen LogP contribution in [0.15, 0.2) is 47.4 Å². The fraction of sp³-hybridized carbons (Fsp3) is 0.278. The predicted octanol–water partition coefficient (Wildman–Crippen LogP) is 2.44. The Bertz CT molecular complexity index is 1040. The van der Waals surface area contributed by atoms with Gasteiger partial charge in [-0.05, 0) is 12.1 Å². The molecule has 1 aromatic carbocycles. The molecule has 0 bridgehead atoms. The van der Waals surface area contributed by atoms with Crippen LogP contribution in [-0.4, -0.2) is 45.7 Å². The molecule has 0 radical (unpaired) electrons. The predicted molar refractivity (Wildman–Crippen MR) is 96.9 cm³/mol. The van der Waals surface area contributed by atoms with Crippen LogP contribution in [0.3, 0.4) is 0 Å². The number of hydrogen-bond acceptors (Lipinski definition) is 6. The highest BCUT2D eigenvalue weighted by Gasteiger charge is 2.24. The van der Waals surface area contributed by atoms with Gasteiger partial charge in [-0.1, -0.05) is 12.1 Å². The Labute approximate surface area is 144 Å². The van der Waals surface area contributed by atoms with Gasteiger partial charge >= 0.3 is 0 Å². The molecule has 0 N–H and O–H groups in total.